The van der Waals surface area contributed by atoms with E-state index >= 15 is 0 Å². The van der Waals surface area contributed by atoms with Gasteiger partial charge in [0.1, 0.15) is 6.61 Å². The average Bonchev–Trinajstić information content (AvgIpc) is 2.56. The molecule has 0 bridgehead atoms. The van der Waals surface area contributed by atoms with Crippen molar-refractivity contribution in [2.45, 2.75) is 96.8 Å². The normalized spacial score (nSPS) is 10.5. The van der Waals surface area contributed by atoms with Gasteiger partial charge in [0, 0.05) is 6.42 Å². The van der Waals surface area contributed by atoms with Gasteiger partial charge in [-0.25, -0.2) is 0 Å². The van der Waals surface area contributed by atoms with E-state index < -0.39 is 0 Å². The summed E-state index contributed by atoms with van der Waals surface area (Å²) in [5.41, 5.74) is 0. The Morgan fingerprint density at radius 2 is 1.35 bits per heavy atom. The van der Waals surface area contributed by atoms with Crippen LogP contribution in [0.5, 0.6) is 0 Å². The van der Waals surface area contributed by atoms with E-state index in [4.69, 9.17) is 4.74 Å². The van der Waals surface area contributed by atoms with Crippen LogP contribution in [0.15, 0.2) is 12.8 Å². The van der Waals surface area contributed by atoms with E-state index in [0.29, 0.717) is 19.6 Å². The topological polar surface area (TPSA) is 38.3 Å². The summed E-state index contributed by atoms with van der Waals surface area (Å²) in [6.45, 7) is 6.81. The largest absolute Gasteiger partial charge is 0.500 e. The first-order valence-electron chi connectivity index (χ1n) is 9.80. The van der Waals surface area contributed by atoms with Gasteiger partial charge in [-0.05, 0) is 6.42 Å². The highest BCUT2D eigenvalue weighted by Crippen LogP contribution is 2.12. The number of unbranched alkanes of at least 4 members (excludes halogenated alkanes) is 12. The van der Waals surface area contributed by atoms with Crippen molar-refractivity contribution in [3.05, 3.63) is 12.8 Å². The lowest BCUT2D eigenvalue weighted by atomic mass is 10.0. The van der Waals surface area contributed by atoms with Crippen LogP contribution in [0.4, 0.5) is 0 Å². The quantitative estimate of drug-likeness (QED) is 0.257. The molecule has 3 heteroatoms. The second-order valence-corrected chi connectivity index (χ2v) is 6.38. The molecule has 136 valence electrons. The highest BCUT2D eigenvalue weighted by atomic mass is 16.5. The molecule has 0 rings (SSSR count). The van der Waals surface area contributed by atoms with Crippen LogP contribution >= 0.6 is 0 Å². The van der Waals surface area contributed by atoms with E-state index in [1.54, 1.807) is 0 Å². The third kappa shape index (κ3) is 19.0. The molecule has 0 atom stereocenters. The molecule has 0 aliphatic rings. The van der Waals surface area contributed by atoms with Crippen LogP contribution in [0, 0.1) is 0 Å². The molecule has 0 saturated carbocycles. The molecule has 0 radical (unpaired) electrons. The minimum Gasteiger partial charge on any atom is -0.500 e. The van der Waals surface area contributed by atoms with Gasteiger partial charge < -0.3 is 10.1 Å². The van der Waals surface area contributed by atoms with Crippen molar-refractivity contribution >= 4 is 5.91 Å². The number of hydrogen-bond acceptors (Lipinski definition) is 2. The molecule has 0 unspecified atom stereocenters. The molecule has 0 saturated heterocycles. The van der Waals surface area contributed by atoms with Crippen LogP contribution in [0.1, 0.15) is 96.8 Å². The maximum absolute atomic E-state index is 11.5. The molecule has 0 aromatic rings. The number of amides is 1. The summed E-state index contributed by atoms with van der Waals surface area (Å²) in [5.74, 6) is 0.140. The van der Waals surface area contributed by atoms with Crippen LogP contribution in [0.25, 0.3) is 0 Å². The summed E-state index contributed by atoms with van der Waals surface area (Å²) in [6, 6.07) is 0. The Hall–Kier alpha value is -0.990. The Labute approximate surface area is 144 Å². The SMILES string of the molecule is C=COCCNC(=O)CCCCCCCCCCCCCCC. The Kier molecular flexibility index (Phi) is 18.2. The summed E-state index contributed by atoms with van der Waals surface area (Å²) in [5, 5.41) is 2.85. The number of ether oxygens (including phenoxy) is 1. The molecule has 0 heterocycles. The number of nitrogens with one attached hydrogen (secondary N) is 1. The van der Waals surface area contributed by atoms with Crippen molar-refractivity contribution in [2.75, 3.05) is 13.2 Å². The fourth-order valence-corrected chi connectivity index (χ4v) is 2.72. The van der Waals surface area contributed by atoms with Crippen molar-refractivity contribution in [1.29, 1.82) is 0 Å². The van der Waals surface area contributed by atoms with Gasteiger partial charge in [0.05, 0.1) is 12.8 Å². The molecule has 0 fully saturated rings. The molecule has 0 aromatic carbocycles. The third-order valence-electron chi connectivity index (χ3n) is 4.17. The van der Waals surface area contributed by atoms with E-state index in [2.05, 4.69) is 18.8 Å². The van der Waals surface area contributed by atoms with Crippen molar-refractivity contribution in [2.24, 2.45) is 0 Å². The monoisotopic (exact) mass is 325 g/mol. The standard InChI is InChI=1S/C20H39NO2/c1-3-5-6-7-8-9-10-11-12-13-14-15-16-17-20(22)21-18-19-23-4-2/h4H,2-3,5-19H2,1H3,(H,21,22). The summed E-state index contributed by atoms with van der Waals surface area (Å²) < 4.78 is 4.96. The van der Waals surface area contributed by atoms with Gasteiger partial charge in [-0.15, -0.1) is 0 Å². The summed E-state index contributed by atoms with van der Waals surface area (Å²) >= 11 is 0. The van der Waals surface area contributed by atoms with Crippen LogP contribution in [0.3, 0.4) is 0 Å². The van der Waals surface area contributed by atoms with Crippen molar-refractivity contribution in [1.82, 2.24) is 5.32 Å². The molecule has 1 amide bonds. The van der Waals surface area contributed by atoms with Crippen molar-refractivity contribution in [3.8, 4) is 0 Å². The minimum atomic E-state index is 0.140. The second-order valence-electron chi connectivity index (χ2n) is 6.38. The van der Waals surface area contributed by atoms with Crippen LogP contribution in [-0.2, 0) is 9.53 Å². The predicted molar refractivity (Wildman–Crippen MR) is 99.5 cm³/mol. The first-order valence-corrected chi connectivity index (χ1v) is 9.80. The Morgan fingerprint density at radius 1 is 0.870 bits per heavy atom. The second kappa shape index (κ2) is 19.1. The van der Waals surface area contributed by atoms with Crippen LogP contribution in [0.2, 0.25) is 0 Å². The molecule has 0 aliphatic carbocycles. The van der Waals surface area contributed by atoms with Crippen molar-refractivity contribution in [3.63, 3.8) is 0 Å². The van der Waals surface area contributed by atoms with Gasteiger partial charge in [-0.1, -0.05) is 90.6 Å². The molecule has 3 nitrogen and oxygen atoms in total. The molecule has 0 aromatic heterocycles. The number of carbonyl (C=O) groups is 1. The Balaban J connectivity index is 3.09. The lowest BCUT2D eigenvalue weighted by Gasteiger charge is -2.05. The average molecular weight is 326 g/mol. The first kappa shape index (κ1) is 22.0. The lowest BCUT2D eigenvalue weighted by Crippen LogP contribution is -2.26. The molecular formula is C20H39NO2. The maximum Gasteiger partial charge on any atom is 0.220 e. The Bertz CT molecular complexity index is 266. The molecule has 23 heavy (non-hydrogen) atoms. The molecule has 0 spiro atoms. The van der Waals surface area contributed by atoms with E-state index in [0.717, 1.165) is 6.42 Å². The van der Waals surface area contributed by atoms with Gasteiger partial charge in [-0.3, -0.25) is 4.79 Å². The van der Waals surface area contributed by atoms with Gasteiger partial charge in [0.25, 0.3) is 0 Å². The van der Waals surface area contributed by atoms with E-state index in [1.807, 2.05) is 0 Å². The van der Waals surface area contributed by atoms with Crippen LogP contribution in [-0.4, -0.2) is 19.1 Å². The number of carbonyl (C=O) groups excluding carboxylic acids is 1. The van der Waals surface area contributed by atoms with E-state index in [-0.39, 0.29) is 5.91 Å². The summed E-state index contributed by atoms with van der Waals surface area (Å²) in [4.78, 5) is 11.5. The summed E-state index contributed by atoms with van der Waals surface area (Å²) in [7, 11) is 0. The zero-order chi connectivity index (χ0) is 17.0. The predicted octanol–water partition coefficient (Wildman–Crippen LogP) is 5.74. The maximum atomic E-state index is 11.5. The van der Waals surface area contributed by atoms with Gasteiger partial charge in [0.15, 0.2) is 0 Å². The number of hydrogen-bond donors (Lipinski definition) is 1. The molecule has 1 N–H and O–H groups in total. The zero-order valence-electron chi connectivity index (χ0n) is 15.4. The van der Waals surface area contributed by atoms with Crippen LogP contribution < -0.4 is 5.32 Å². The third-order valence-corrected chi connectivity index (χ3v) is 4.17. The molecule has 0 aliphatic heterocycles. The number of rotatable bonds is 18. The smallest absolute Gasteiger partial charge is 0.220 e. The van der Waals surface area contributed by atoms with E-state index in [9.17, 15) is 4.79 Å². The van der Waals surface area contributed by atoms with E-state index in [1.165, 1.54) is 83.3 Å². The first-order chi connectivity index (χ1) is 11.3. The fraction of sp³-hybridized carbons (Fsp3) is 0.850. The lowest BCUT2D eigenvalue weighted by molar-refractivity contribution is -0.121. The van der Waals surface area contributed by atoms with Gasteiger partial charge in [0.2, 0.25) is 5.91 Å². The summed E-state index contributed by atoms with van der Waals surface area (Å²) in [6.07, 6.45) is 19.4. The van der Waals surface area contributed by atoms with Gasteiger partial charge in [-0.2, -0.15) is 0 Å². The minimum absolute atomic E-state index is 0.140. The fourth-order valence-electron chi connectivity index (χ4n) is 2.72. The molecular weight excluding hydrogens is 286 g/mol. The van der Waals surface area contributed by atoms with Gasteiger partial charge >= 0.3 is 0 Å². The highest BCUT2D eigenvalue weighted by Gasteiger charge is 2.00. The Morgan fingerprint density at radius 3 is 1.83 bits per heavy atom. The highest BCUT2D eigenvalue weighted by molar-refractivity contribution is 5.75. The zero-order valence-corrected chi connectivity index (χ0v) is 15.4. The van der Waals surface area contributed by atoms with Crippen molar-refractivity contribution < 1.29 is 9.53 Å².